The molecule has 1 aromatic rings. The highest BCUT2D eigenvalue weighted by atomic mass is 16.5. The second kappa shape index (κ2) is 5.35. The van der Waals surface area contributed by atoms with Gasteiger partial charge in [0, 0.05) is 38.2 Å². The van der Waals surface area contributed by atoms with Crippen LogP contribution in [0.2, 0.25) is 0 Å². The molecule has 3 heterocycles. The van der Waals surface area contributed by atoms with Crippen molar-refractivity contribution in [2.24, 2.45) is 17.3 Å². The lowest BCUT2D eigenvalue weighted by Gasteiger charge is -2.26. The number of amides is 1. The number of aromatic nitrogens is 1. The summed E-state index contributed by atoms with van der Waals surface area (Å²) in [5.74, 6) is 2.01. The quantitative estimate of drug-likeness (QED) is 0.877. The molecule has 0 unspecified atom stereocenters. The molecular formula is C16H23N3O3. The normalized spacial score (nSPS) is 31.4. The minimum atomic E-state index is -0.367. The first-order valence-electron chi connectivity index (χ1n) is 8.16. The van der Waals surface area contributed by atoms with Gasteiger partial charge in [0.05, 0.1) is 24.3 Å². The molecule has 2 aliphatic heterocycles. The lowest BCUT2D eigenvalue weighted by molar-refractivity contribution is -0.131. The van der Waals surface area contributed by atoms with Crippen molar-refractivity contribution in [3.63, 3.8) is 0 Å². The van der Waals surface area contributed by atoms with E-state index in [1.54, 1.807) is 0 Å². The number of likely N-dealkylation sites (tertiary alicyclic amines) is 1. The molecule has 2 atom stereocenters. The first-order valence-corrected chi connectivity index (χ1v) is 8.16. The largest absolute Gasteiger partial charge is 0.380 e. The van der Waals surface area contributed by atoms with Gasteiger partial charge in [0.15, 0.2) is 0 Å². The maximum absolute atomic E-state index is 12.7. The standard InChI is InChI=1S/C16H23N3O3/c1-11-4-14(18-22-11)7-19-6-13-8-21-10-16(13,9-19)15(20)17-5-12-2-3-12/h4,12-13H,2-3,5-10H2,1H3,(H,17,20)/t13-,16-/m1/s1. The Hall–Kier alpha value is -1.40. The van der Waals surface area contributed by atoms with Gasteiger partial charge >= 0.3 is 0 Å². The molecule has 3 aliphatic rings. The lowest BCUT2D eigenvalue weighted by Crippen LogP contribution is -2.47. The van der Waals surface area contributed by atoms with Crippen molar-refractivity contribution in [2.75, 3.05) is 32.8 Å². The summed E-state index contributed by atoms with van der Waals surface area (Å²) in [5, 5.41) is 7.22. The highest BCUT2D eigenvalue weighted by molar-refractivity contribution is 5.84. The number of aryl methyl sites for hydroxylation is 1. The zero-order chi connectivity index (χ0) is 15.2. The molecule has 6 heteroatoms. The number of fused-ring (bicyclic) bond motifs is 1. The fourth-order valence-electron chi connectivity index (χ4n) is 3.74. The fraction of sp³-hybridized carbons (Fsp3) is 0.750. The molecule has 0 bridgehead atoms. The third-order valence-corrected chi connectivity index (χ3v) is 5.21. The Morgan fingerprint density at radius 3 is 3.14 bits per heavy atom. The summed E-state index contributed by atoms with van der Waals surface area (Å²) >= 11 is 0. The van der Waals surface area contributed by atoms with Crippen molar-refractivity contribution in [3.8, 4) is 0 Å². The van der Waals surface area contributed by atoms with Gasteiger partial charge in [-0.2, -0.15) is 0 Å². The van der Waals surface area contributed by atoms with Gasteiger partial charge in [0.1, 0.15) is 5.76 Å². The first kappa shape index (κ1) is 14.2. The third-order valence-electron chi connectivity index (χ3n) is 5.21. The van der Waals surface area contributed by atoms with E-state index in [0.717, 1.165) is 37.6 Å². The smallest absolute Gasteiger partial charge is 0.230 e. The van der Waals surface area contributed by atoms with Crippen LogP contribution in [-0.2, 0) is 16.1 Å². The minimum absolute atomic E-state index is 0.181. The predicted molar refractivity (Wildman–Crippen MR) is 79.0 cm³/mol. The monoisotopic (exact) mass is 305 g/mol. The Balaban J connectivity index is 1.42. The van der Waals surface area contributed by atoms with E-state index in [2.05, 4.69) is 15.4 Å². The minimum Gasteiger partial charge on any atom is -0.380 e. The highest BCUT2D eigenvalue weighted by Crippen LogP contribution is 2.42. The van der Waals surface area contributed by atoms with Crippen LogP contribution < -0.4 is 5.32 Å². The van der Waals surface area contributed by atoms with Crippen molar-refractivity contribution in [1.29, 1.82) is 0 Å². The van der Waals surface area contributed by atoms with E-state index in [4.69, 9.17) is 9.26 Å². The van der Waals surface area contributed by atoms with Gasteiger partial charge in [0.2, 0.25) is 5.91 Å². The third kappa shape index (κ3) is 2.54. The van der Waals surface area contributed by atoms with Crippen molar-refractivity contribution >= 4 is 5.91 Å². The molecule has 22 heavy (non-hydrogen) atoms. The summed E-state index contributed by atoms with van der Waals surface area (Å²) in [7, 11) is 0. The molecule has 3 fully saturated rings. The molecule has 0 spiro atoms. The number of rotatable bonds is 5. The number of hydrogen-bond acceptors (Lipinski definition) is 5. The molecule has 1 aromatic heterocycles. The Kier molecular flexibility index (Phi) is 3.46. The Morgan fingerprint density at radius 2 is 2.41 bits per heavy atom. The van der Waals surface area contributed by atoms with Crippen LogP contribution in [0.4, 0.5) is 0 Å². The summed E-state index contributed by atoms with van der Waals surface area (Å²) in [6.07, 6.45) is 2.51. The maximum Gasteiger partial charge on any atom is 0.230 e. The van der Waals surface area contributed by atoms with Gasteiger partial charge < -0.3 is 14.6 Å². The van der Waals surface area contributed by atoms with E-state index in [-0.39, 0.29) is 11.3 Å². The molecule has 120 valence electrons. The van der Waals surface area contributed by atoms with E-state index < -0.39 is 0 Å². The zero-order valence-corrected chi connectivity index (χ0v) is 13.0. The number of nitrogens with zero attached hydrogens (tertiary/aromatic N) is 2. The van der Waals surface area contributed by atoms with Crippen LogP contribution in [0.3, 0.4) is 0 Å². The van der Waals surface area contributed by atoms with Crippen LogP contribution in [0, 0.1) is 24.2 Å². The van der Waals surface area contributed by atoms with Crippen LogP contribution in [-0.4, -0.2) is 48.8 Å². The Morgan fingerprint density at radius 1 is 1.55 bits per heavy atom. The van der Waals surface area contributed by atoms with Crippen molar-refractivity contribution in [2.45, 2.75) is 26.3 Å². The molecule has 2 saturated heterocycles. The summed E-state index contributed by atoms with van der Waals surface area (Å²) < 4.78 is 10.8. The van der Waals surface area contributed by atoms with Gasteiger partial charge in [-0.1, -0.05) is 5.16 Å². The second-order valence-electron chi connectivity index (χ2n) is 7.12. The summed E-state index contributed by atoms with van der Waals surface area (Å²) in [6, 6.07) is 1.96. The fourth-order valence-corrected chi connectivity index (χ4v) is 3.74. The van der Waals surface area contributed by atoms with Gasteiger partial charge in [-0.3, -0.25) is 9.69 Å². The summed E-state index contributed by atoms with van der Waals surface area (Å²) in [4.78, 5) is 15.0. The summed E-state index contributed by atoms with van der Waals surface area (Å²) in [5.41, 5.74) is 0.570. The number of carbonyl (C=O) groups is 1. The molecule has 1 N–H and O–H groups in total. The average Bonchev–Trinajstić information content (AvgIpc) is 2.94. The molecule has 6 nitrogen and oxygen atoms in total. The van der Waals surface area contributed by atoms with Crippen molar-refractivity contribution in [3.05, 3.63) is 17.5 Å². The SMILES string of the molecule is Cc1cc(CN2C[C@@H]3COC[C@]3(C(=O)NCC3CC3)C2)no1. The first-order chi connectivity index (χ1) is 10.7. The number of ether oxygens (including phenoxy) is 1. The zero-order valence-electron chi connectivity index (χ0n) is 13.0. The Labute approximate surface area is 130 Å². The van der Waals surface area contributed by atoms with E-state index >= 15 is 0 Å². The average molecular weight is 305 g/mol. The van der Waals surface area contributed by atoms with Gasteiger partial charge in [0.25, 0.3) is 0 Å². The van der Waals surface area contributed by atoms with Crippen molar-refractivity contribution < 1.29 is 14.1 Å². The van der Waals surface area contributed by atoms with E-state index in [9.17, 15) is 4.79 Å². The van der Waals surface area contributed by atoms with Crippen molar-refractivity contribution in [1.82, 2.24) is 15.4 Å². The number of hydrogen-bond donors (Lipinski definition) is 1. The molecule has 0 radical (unpaired) electrons. The molecular weight excluding hydrogens is 282 g/mol. The van der Waals surface area contributed by atoms with Crippen LogP contribution in [0.5, 0.6) is 0 Å². The van der Waals surface area contributed by atoms with Crippen LogP contribution in [0.25, 0.3) is 0 Å². The molecule has 1 saturated carbocycles. The Bertz CT molecular complexity index is 569. The van der Waals surface area contributed by atoms with Gasteiger partial charge in [-0.15, -0.1) is 0 Å². The van der Waals surface area contributed by atoms with Crippen LogP contribution >= 0.6 is 0 Å². The number of carbonyl (C=O) groups excluding carboxylic acids is 1. The van der Waals surface area contributed by atoms with E-state index in [1.807, 2.05) is 13.0 Å². The molecule has 1 aliphatic carbocycles. The van der Waals surface area contributed by atoms with Gasteiger partial charge in [-0.25, -0.2) is 0 Å². The van der Waals surface area contributed by atoms with Crippen LogP contribution in [0.1, 0.15) is 24.3 Å². The highest BCUT2D eigenvalue weighted by Gasteiger charge is 2.55. The van der Waals surface area contributed by atoms with Gasteiger partial charge in [-0.05, 0) is 25.7 Å². The summed E-state index contributed by atoms with van der Waals surface area (Å²) in [6.45, 7) is 6.34. The predicted octanol–water partition coefficient (Wildman–Crippen LogP) is 0.958. The second-order valence-corrected chi connectivity index (χ2v) is 7.12. The topological polar surface area (TPSA) is 67.6 Å². The van der Waals surface area contributed by atoms with E-state index in [1.165, 1.54) is 12.8 Å². The maximum atomic E-state index is 12.7. The van der Waals surface area contributed by atoms with Crippen LogP contribution in [0.15, 0.2) is 10.6 Å². The lowest BCUT2D eigenvalue weighted by atomic mass is 9.80. The number of nitrogens with one attached hydrogen (secondary N) is 1. The molecule has 1 amide bonds. The molecule has 0 aromatic carbocycles. The molecule has 4 rings (SSSR count). The van der Waals surface area contributed by atoms with E-state index in [0.29, 0.717) is 25.0 Å².